The summed E-state index contributed by atoms with van der Waals surface area (Å²) >= 11 is 0. The molecule has 1 aromatic heterocycles. The second-order valence-electron chi connectivity index (χ2n) is 10.7. The lowest BCUT2D eigenvalue weighted by Crippen LogP contribution is -2.28. The second kappa shape index (κ2) is 6.35. The molecular formula is C28H30N2O. The summed E-state index contributed by atoms with van der Waals surface area (Å²) in [6.45, 7) is 7.69. The number of benzene rings is 2. The molecule has 0 N–H and O–H groups in total. The van der Waals surface area contributed by atoms with Crippen LogP contribution in [0.4, 0.5) is 0 Å². The van der Waals surface area contributed by atoms with Gasteiger partial charge in [-0.3, -0.25) is 9.48 Å². The molecule has 0 aliphatic heterocycles. The Morgan fingerprint density at radius 1 is 1.06 bits per heavy atom. The molecular weight excluding hydrogens is 380 g/mol. The summed E-state index contributed by atoms with van der Waals surface area (Å²) in [5, 5.41) is 0. The first-order valence-corrected chi connectivity index (χ1v) is 11.6. The summed E-state index contributed by atoms with van der Waals surface area (Å²) < 4.78 is 4.29. The Morgan fingerprint density at radius 2 is 1.87 bits per heavy atom. The maximum atomic E-state index is 13.9. The molecule has 3 heteroatoms. The molecule has 0 saturated heterocycles. The third-order valence-corrected chi connectivity index (χ3v) is 8.01. The number of rotatable bonds is 3. The van der Waals surface area contributed by atoms with Crippen molar-refractivity contribution in [1.82, 2.24) is 9.36 Å². The van der Waals surface area contributed by atoms with Gasteiger partial charge in [0.25, 0.3) is 5.56 Å². The van der Waals surface area contributed by atoms with E-state index in [9.17, 15) is 4.79 Å². The van der Waals surface area contributed by atoms with Gasteiger partial charge in [-0.1, -0.05) is 69.3 Å². The van der Waals surface area contributed by atoms with Crippen molar-refractivity contribution >= 4 is 6.08 Å². The molecule has 2 atom stereocenters. The molecule has 0 radical (unpaired) electrons. The zero-order chi connectivity index (χ0) is 21.4. The van der Waals surface area contributed by atoms with Crippen LogP contribution in [0.1, 0.15) is 80.3 Å². The molecule has 1 heterocycles. The fourth-order valence-electron chi connectivity index (χ4n) is 6.43. The van der Waals surface area contributed by atoms with Crippen molar-refractivity contribution in [2.45, 2.75) is 69.7 Å². The summed E-state index contributed by atoms with van der Waals surface area (Å²) in [5.74, 6) is 0.424. The number of fused-ring (bicyclic) bond motifs is 6. The maximum absolute atomic E-state index is 13.9. The van der Waals surface area contributed by atoms with Crippen LogP contribution in [-0.4, -0.2) is 9.36 Å². The van der Waals surface area contributed by atoms with Crippen LogP contribution in [0.2, 0.25) is 0 Å². The van der Waals surface area contributed by atoms with E-state index in [2.05, 4.69) is 86.1 Å². The first-order valence-electron chi connectivity index (χ1n) is 11.6. The van der Waals surface area contributed by atoms with Crippen LogP contribution in [0.3, 0.4) is 0 Å². The van der Waals surface area contributed by atoms with Crippen LogP contribution in [0.25, 0.3) is 11.8 Å². The summed E-state index contributed by atoms with van der Waals surface area (Å²) in [7, 11) is 0. The second-order valence-corrected chi connectivity index (χ2v) is 10.7. The average molecular weight is 411 g/mol. The predicted molar refractivity (Wildman–Crippen MR) is 126 cm³/mol. The first-order chi connectivity index (χ1) is 14.9. The van der Waals surface area contributed by atoms with Crippen molar-refractivity contribution in [3.8, 4) is 5.69 Å². The molecule has 0 spiro atoms. The van der Waals surface area contributed by atoms with Gasteiger partial charge in [-0.15, -0.1) is 0 Å². The van der Waals surface area contributed by atoms with Gasteiger partial charge in [-0.2, -0.15) is 0 Å². The SMILES string of the molecule is CC1(C)CC=Cc2ccc(-n3c(=O)c4c(n3Cc3ccccc3)[C@@]3(C)CC[C@@H]4C3)cc21. The minimum atomic E-state index is 0.0777. The molecule has 0 unspecified atom stereocenters. The summed E-state index contributed by atoms with van der Waals surface area (Å²) in [6, 6.07) is 17.1. The van der Waals surface area contributed by atoms with Gasteiger partial charge < -0.3 is 0 Å². The Morgan fingerprint density at radius 3 is 2.68 bits per heavy atom. The fourth-order valence-corrected chi connectivity index (χ4v) is 6.43. The summed E-state index contributed by atoms with van der Waals surface area (Å²) in [5.41, 5.74) is 7.61. The third kappa shape index (κ3) is 2.68. The van der Waals surface area contributed by atoms with Crippen molar-refractivity contribution in [3.63, 3.8) is 0 Å². The molecule has 6 rings (SSSR count). The van der Waals surface area contributed by atoms with Crippen molar-refractivity contribution in [1.29, 1.82) is 0 Å². The Labute approximate surface area is 184 Å². The van der Waals surface area contributed by atoms with E-state index < -0.39 is 0 Å². The number of hydrogen-bond acceptors (Lipinski definition) is 1. The van der Waals surface area contributed by atoms with E-state index in [0.717, 1.165) is 37.1 Å². The van der Waals surface area contributed by atoms with Crippen molar-refractivity contribution in [3.05, 3.63) is 92.9 Å². The fraction of sp³-hybridized carbons (Fsp3) is 0.393. The third-order valence-electron chi connectivity index (χ3n) is 8.01. The number of aromatic nitrogens is 2. The highest BCUT2D eigenvalue weighted by Gasteiger charge is 2.51. The van der Waals surface area contributed by atoms with Crippen LogP contribution in [0, 0.1) is 0 Å². The normalized spacial score (nSPS) is 24.9. The zero-order valence-corrected chi connectivity index (χ0v) is 18.7. The average Bonchev–Trinajstić information content (AvgIpc) is 3.37. The van der Waals surface area contributed by atoms with Crippen LogP contribution < -0.4 is 5.56 Å². The topological polar surface area (TPSA) is 26.9 Å². The Bertz CT molecular complexity index is 1270. The van der Waals surface area contributed by atoms with E-state index in [1.165, 1.54) is 28.8 Å². The monoisotopic (exact) mass is 410 g/mol. The van der Waals surface area contributed by atoms with E-state index in [-0.39, 0.29) is 16.4 Å². The highest BCUT2D eigenvalue weighted by molar-refractivity contribution is 5.62. The van der Waals surface area contributed by atoms with Crippen molar-refractivity contribution < 1.29 is 0 Å². The molecule has 2 bridgehead atoms. The van der Waals surface area contributed by atoms with Crippen LogP contribution >= 0.6 is 0 Å². The van der Waals surface area contributed by atoms with E-state index in [1.807, 2.05) is 4.68 Å². The van der Waals surface area contributed by atoms with Crippen molar-refractivity contribution in [2.75, 3.05) is 0 Å². The molecule has 3 aromatic rings. The molecule has 2 aromatic carbocycles. The summed E-state index contributed by atoms with van der Waals surface area (Å²) in [6.07, 6.45) is 8.97. The maximum Gasteiger partial charge on any atom is 0.275 e. The largest absolute Gasteiger partial charge is 0.277 e. The number of hydrogen-bond donors (Lipinski definition) is 0. The quantitative estimate of drug-likeness (QED) is 0.526. The lowest BCUT2D eigenvalue weighted by Gasteiger charge is -2.30. The van der Waals surface area contributed by atoms with Gasteiger partial charge in [0.1, 0.15) is 0 Å². The molecule has 0 amide bonds. The summed E-state index contributed by atoms with van der Waals surface area (Å²) in [4.78, 5) is 13.9. The van der Waals surface area contributed by atoms with Crippen molar-refractivity contribution in [2.24, 2.45) is 0 Å². The van der Waals surface area contributed by atoms with Gasteiger partial charge in [0.15, 0.2) is 0 Å². The van der Waals surface area contributed by atoms with Gasteiger partial charge in [0.05, 0.1) is 17.9 Å². The lowest BCUT2D eigenvalue weighted by molar-refractivity contribution is 0.433. The van der Waals surface area contributed by atoms with E-state index in [0.29, 0.717) is 5.92 Å². The lowest BCUT2D eigenvalue weighted by atomic mass is 9.76. The highest BCUT2D eigenvalue weighted by Crippen LogP contribution is 2.56. The molecule has 3 aliphatic rings. The van der Waals surface area contributed by atoms with Crippen LogP contribution in [-0.2, 0) is 17.4 Å². The van der Waals surface area contributed by atoms with Gasteiger partial charge in [-0.05, 0) is 65.8 Å². The molecule has 3 nitrogen and oxygen atoms in total. The van der Waals surface area contributed by atoms with E-state index >= 15 is 0 Å². The Hall–Kier alpha value is -2.81. The molecule has 3 aliphatic carbocycles. The minimum Gasteiger partial charge on any atom is -0.277 e. The number of allylic oxidation sites excluding steroid dienone is 1. The van der Waals surface area contributed by atoms with E-state index in [4.69, 9.17) is 0 Å². The Kier molecular flexibility index (Phi) is 3.88. The molecule has 158 valence electrons. The van der Waals surface area contributed by atoms with Gasteiger partial charge in [0.2, 0.25) is 0 Å². The minimum absolute atomic E-state index is 0.0777. The smallest absolute Gasteiger partial charge is 0.275 e. The van der Waals surface area contributed by atoms with E-state index in [1.54, 1.807) is 0 Å². The van der Waals surface area contributed by atoms with Gasteiger partial charge in [0, 0.05) is 11.0 Å². The number of nitrogens with zero attached hydrogens (tertiary/aromatic N) is 2. The molecule has 1 saturated carbocycles. The van der Waals surface area contributed by atoms with Crippen LogP contribution in [0.5, 0.6) is 0 Å². The predicted octanol–water partition coefficient (Wildman–Crippen LogP) is 5.92. The molecule has 1 fully saturated rings. The Balaban J connectivity index is 1.59. The van der Waals surface area contributed by atoms with Gasteiger partial charge >= 0.3 is 0 Å². The molecule has 31 heavy (non-hydrogen) atoms. The zero-order valence-electron chi connectivity index (χ0n) is 18.7. The standard InChI is InChI=1S/C28H30N2O/c1-27(2)14-7-10-20-11-12-22(16-23(20)27)30-26(31)24-21-13-15-28(3,17-21)25(24)29(30)18-19-8-5-4-6-9-19/h4-12,16,21H,13-15,17-18H2,1-3H3/t21-,28+/m1/s1. The van der Waals surface area contributed by atoms with Crippen LogP contribution in [0.15, 0.2) is 59.4 Å². The highest BCUT2D eigenvalue weighted by atomic mass is 16.1. The van der Waals surface area contributed by atoms with Gasteiger partial charge in [-0.25, -0.2) is 4.68 Å². The first kappa shape index (κ1) is 18.9.